The summed E-state index contributed by atoms with van der Waals surface area (Å²) in [4.78, 5) is 42.7. The van der Waals surface area contributed by atoms with Gasteiger partial charge in [-0.2, -0.15) is 0 Å². The normalized spacial score (nSPS) is 15.5. The number of nitrogens with one attached hydrogen (secondary N) is 1. The molecule has 0 spiro atoms. The Morgan fingerprint density at radius 3 is 2.77 bits per heavy atom. The third-order valence-corrected chi connectivity index (χ3v) is 6.26. The number of rotatable bonds is 7. The van der Waals surface area contributed by atoms with Crippen molar-refractivity contribution >= 4 is 29.4 Å². The Morgan fingerprint density at radius 1 is 1.17 bits per heavy atom. The second-order valence-corrected chi connectivity index (χ2v) is 9.16. The van der Waals surface area contributed by atoms with Crippen LogP contribution < -0.4 is 10.2 Å². The number of hydrogen-bond acceptors (Lipinski definition) is 6. The summed E-state index contributed by atoms with van der Waals surface area (Å²) in [7, 11) is 3.79. The number of carbonyl (C=O) groups excluding carboxylic acids is 2. The highest BCUT2D eigenvalue weighted by Crippen LogP contribution is 2.37. The summed E-state index contributed by atoms with van der Waals surface area (Å²) < 4.78 is 0. The van der Waals surface area contributed by atoms with Crippen molar-refractivity contribution in [3.63, 3.8) is 0 Å². The summed E-state index contributed by atoms with van der Waals surface area (Å²) >= 11 is 6.27. The van der Waals surface area contributed by atoms with Gasteiger partial charge in [0.05, 0.1) is 17.3 Å². The molecule has 1 unspecified atom stereocenters. The Morgan fingerprint density at radius 2 is 2.03 bits per heavy atom. The number of likely N-dealkylation sites (tertiary alicyclic amines) is 1. The first-order chi connectivity index (χ1) is 16.9. The molecule has 2 amide bonds. The second kappa shape index (κ2) is 11.3. The van der Waals surface area contributed by atoms with Crippen LogP contribution in [0.3, 0.4) is 0 Å². The van der Waals surface area contributed by atoms with E-state index in [-0.39, 0.29) is 30.8 Å². The summed E-state index contributed by atoms with van der Waals surface area (Å²) in [5.41, 5.74) is 3.07. The van der Waals surface area contributed by atoms with Crippen LogP contribution in [0, 0.1) is 0 Å². The van der Waals surface area contributed by atoms with Crippen LogP contribution in [0.1, 0.15) is 47.8 Å². The molecule has 1 atom stereocenters. The van der Waals surface area contributed by atoms with Crippen LogP contribution >= 0.6 is 11.6 Å². The lowest BCUT2D eigenvalue weighted by Gasteiger charge is -2.36. The molecule has 1 N–H and O–H groups in total. The molecule has 1 saturated heterocycles. The summed E-state index contributed by atoms with van der Waals surface area (Å²) in [5.74, 6) is 0.339. The number of hydrogen-bond donors (Lipinski definition) is 1. The van der Waals surface area contributed by atoms with E-state index in [0.717, 1.165) is 36.1 Å². The molecule has 1 aliphatic heterocycles. The summed E-state index contributed by atoms with van der Waals surface area (Å²) in [6, 6.07) is 10.8. The van der Waals surface area contributed by atoms with Crippen molar-refractivity contribution in [1.82, 2.24) is 25.2 Å². The molecule has 0 bridgehead atoms. The molecular weight excluding hydrogens is 464 g/mol. The third kappa shape index (κ3) is 5.95. The molecule has 1 aliphatic rings. The monoisotopic (exact) mass is 492 g/mol. The number of nitrogens with zero attached hydrogens (tertiary/aromatic N) is 5. The van der Waals surface area contributed by atoms with Crippen molar-refractivity contribution < 1.29 is 9.59 Å². The molecule has 3 aromatic rings. The predicted octanol–water partition coefficient (Wildman–Crippen LogP) is 4.13. The SMILES string of the molecule is CN(C)c1ncc(-c2cccc(Cl)c2)c(C2CCCCN2C(=O)CCNC(=O)c2cccnc2)n1. The Labute approximate surface area is 210 Å². The molecule has 2 aromatic heterocycles. The maximum absolute atomic E-state index is 13.3. The minimum atomic E-state index is -0.240. The average Bonchev–Trinajstić information content (AvgIpc) is 2.88. The maximum atomic E-state index is 13.3. The Bertz CT molecular complexity index is 1190. The molecule has 1 fully saturated rings. The largest absolute Gasteiger partial charge is 0.351 e. The van der Waals surface area contributed by atoms with Gasteiger partial charge in [-0.3, -0.25) is 14.6 Å². The highest BCUT2D eigenvalue weighted by molar-refractivity contribution is 6.30. The van der Waals surface area contributed by atoms with Gasteiger partial charge >= 0.3 is 0 Å². The van der Waals surface area contributed by atoms with Crippen LogP contribution in [0.25, 0.3) is 11.1 Å². The molecular formula is C26H29ClN6O2. The van der Waals surface area contributed by atoms with Gasteiger partial charge in [0.15, 0.2) is 0 Å². The summed E-state index contributed by atoms with van der Waals surface area (Å²) in [5, 5.41) is 3.45. The number of anilines is 1. The molecule has 3 heterocycles. The van der Waals surface area contributed by atoms with E-state index in [1.165, 1.54) is 6.20 Å². The highest BCUT2D eigenvalue weighted by atomic mass is 35.5. The van der Waals surface area contributed by atoms with Crippen molar-refractivity contribution in [2.24, 2.45) is 0 Å². The number of carbonyl (C=O) groups is 2. The number of benzene rings is 1. The number of aromatic nitrogens is 3. The quantitative estimate of drug-likeness (QED) is 0.533. The van der Waals surface area contributed by atoms with Crippen molar-refractivity contribution in [2.45, 2.75) is 31.7 Å². The average molecular weight is 493 g/mol. The summed E-state index contributed by atoms with van der Waals surface area (Å²) in [6.07, 6.45) is 7.89. The lowest BCUT2D eigenvalue weighted by Crippen LogP contribution is -2.40. The second-order valence-electron chi connectivity index (χ2n) is 8.72. The van der Waals surface area contributed by atoms with Gasteiger partial charge in [0, 0.05) is 62.8 Å². The van der Waals surface area contributed by atoms with E-state index in [2.05, 4.69) is 15.3 Å². The van der Waals surface area contributed by atoms with Gasteiger partial charge in [0.25, 0.3) is 5.91 Å². The third-order valence-electron chi connectivity index (χ3n) is 6.03. The first-order valence-corrected chi connectivity index (χ1v) is 12.1. The number of halogens is 1. The number of pyridine rings is 1. The lowest BCUT2D eigenvalue weighted by atomic mass is 9.93. The van der Waals surface area contributed by atoms with Gasteiger partial charge in [0.1, 0.15) is 0 Å². The van der Waals surface area contributed by atoms with Gasteiger partial charge in [-0.1, -0.05) is 23.7 Å². The van der Waals surface area contributed by atoms with Gasteiger partial charge in [-0.25, -0.2) is 9.97 Å². The van der Waals surface area contributed by atoms with E-state index >= 15 is 0 Å². The van der Waals surface area contributed by atoms with E-state index in [0.29, 0.717) is 23.1 Å². The van der Waals surface area contributed by atoms with Crippen molar-refractivity contribution in [2.75, 3.05) is 32.1 Å². The first-order valence-electron chi connectivity index (χ1n) is 11.7. The van der Waals surface area contributed by atoms with Crippen LogP contribution in [0.5, 0.6) is 0 Å². The Balaban J connectivity index is 1.56. The van der Waals surface area contributed by atoms with Gasteiger partial charge in [0.2, 0.25) is 11.9 Å². The van der Waals surface area contributed by atoms with E-state index in [1.54, 1.807) is 18.3 Å². The molecule has 0 aliphatic carbocycles. The maximum Gasteiger partial charge on any atom is 0.252 e. The fourth-order valence-corrected chi connectivity index (χ4v) is 4.46. The van der Waals surface area contributed by atoms with E-state index < -0.39 is 0 Å². The number of amides is 2. The minimum absolute atomic E-state index is 0.0109. The Kier molecular flexibility index (Phi) is 7.92. The minimum Gasteiger partial charge on any atom is -0.351 e. The molecule has 0 radical (unpaired) electrons. The highest BCUT2D eigenvalue weighted by Gasteiger charge is 2.31. The summed E-state index contributed by atoms with van der Waals surface area (Å²) in [6.45, 7) is 0.903. The van der Waals surface area contributed by atoms with Crippen molar-refractivity contribution in [3.05, 3.63) is 71.3 Å². The molecule has 182 valence electrons. The zero-order valence-corrected chi connectivity index (χ0v) is 20.7. The topological polar surface area (TPSA) is 91.3 Å². The van der Waals surface area contributed by atoms with E-state index in [1.807, 2.05) is 54.4 Å². The first kappa shape index (κ1) is 24.6. The molecule has 35 heavy (non-hydrogen) atoms. The zero-order valence-electron chi connectivity index (χ0n) is 19.9. The van der Waals surface area contributed by atoms with Gasteiger partial charge < -0.3 is 15.1 Å². The van der Waals surface area contributed by atoms with Crippen LogP contribution in [0.4, 0.5) is 5.95 Å². The standard InChI is InChI=1S/C26H29ClN6O2/c1-32(2)26-30-17-21(18-7-5-9-20(27)15-18)24(31-26)22-10-3-4-14-33(22)23(34)11-13-29-25(35)19-8-6-12-28-16-19/h5-9,12,15-17,22H,3-4,10-11,13-14H2,1-2H3,(H,29,35). The molecule has 1 aromatic carbocycles. The lowest BCUT2D eigenvalue weighted by molar-refractivity contribution is -0.135. The molecule has 4 rings (SSSR count). The van der Waals surface area contributed by atoms with Crippen LogP contribution in [0.15, 0.2) is 55.0 Å². The van der Waals surface area contributed by atoms with Crippen LogP contribution in [-0.2, 0) is 4.79 Å². The Hall–Kier alpha value is -3.52. The smallest absolute Gasteiger partial charge is 0.252 e. The van der Waals surface area contributed by atoms with Crippen LogP contribution in [0.2, 0.25) is 5.02 Å². The molecule has 0 saturated carbocycles. The predicted molar refractivity (Wildman–Crippen MR) is 136 cm³/mol. The van der Waals surface area contributed by atoms with Crippen molar-refractivity contribution in [3.8, 4) is 11.1 Å². The van der Waals surface area contributed by atoms with E-state index in [9.17, 15) is 9.59 Å². The van der Waals surface area contributed by atoms with Crippen molar-refractivity contribution in [1.29, 1.82) is 0 Å². The van der Waals surface area contributed by atoms with Crippen LogP contribution in [-0.4, -0.2) is 58.9 Å². The van der Waals surface area contributed by atoms with E-state index in [4.69, 9.17) is 16.6 Å². The van der Waals surface area contributed by atoms with Gasteiger partial charge in [-0.15, -0.1) is 0 Å². The molecule has 8 nitrogen and oxygen atoms in total. The molecule has 9 heteroatoms. The van der Waals surface area contributed by atoms with Gasteiger partial charge in [-0.05, 0) is 49.1 Å². The number of piperidine rings is 1. The fourth-order valence-electron chi connectivity index (χ4n) is 4.27. The fraction of sp³-hybridized carbons (Fsp3) is 0.346. The zero-order chi connectivity index (χ0) is 24.8.